The van der Waals surface area contributed by atoms with E-state index in [1.165, 1.54) is 17.7 Å². The third-order valence-corrected chi connectivity index (χ3v) is 6.72. The number of carbonyl (C=O) groups is 3. The van der Waals surface area contributed by atoms with Crippen LogP contribution in [0.4, 0.5) is 9.18 Å². The van der Waals surface area contributed by atoms with Gasteiger partial charge in [0.15, 0.2) is 0 Å². The number of aromatic nitrogens is 1. The second-order valence-corrected chi connectivity index (χ2v) is 8.87. The zero-order valence-electron chi connectivity index (χ0n) is 17.6. The number of carbonyl (C=O) groups excluding carboxylic acids is 3. The zero-order chi connectivity index (χ0) is 22.9. The Morgan fingerprint density at radius 3 is 2.55 bits per heavy atom. The molecule has 0 radical (unpaired) electrons. The van der Waals surface area contributed by atoms with Gasteiger partial charge in [0.2, 0.25) is 5.91 Å². The first-order chi connectivity index (χ1) is 16.0. The first-order valence-corrected chi connectivity index (χ1v) is 11.3. The van der Waals surface area contributed by atoms with Crippen LogP contribution in [0.15, 0.2) is 71.8 Å². The Bertz CT molecular complexity index is 1280. The number of fused-ring (bicyclic) bond motifs is 1. The van der Waals surface area contributed by atoms with Gasteiger partial charge >= 0.3 is 0 Å². The van der Waals surface area contributed by atoms with Crippen molar-refractivity contribution >= 4 is 34.9 Å². The highest BCUT2D eigenvalue weighted by Gasteiger charge is 2.37. The molecule has 166 valence electrons. The van der Waals surface area contributed by atoms with Crippen LogP contribution in [0.5, 0.6) is 0 Å². The maximum absolute atomic E-state index is 13.3. The Hall–Kier alpha value is -3.65. The lowest BCUT2D eigenvalue weighted by Crippen LogP contribution is -2.44. The van der Waals surface area contributed by atoms with Crippen molar-refractivity contribution in [2.24, 2.45) is 0 Å². The second-order valence-electron chi connectivity index (χ2n) is 7.88. The first-order valence-electron chi connectivity index (χ1n) is 10.5. The summed E-state index contributed by atoms with van der Waals surface area (Å²) in [5, 5.41) is -0.461. The minimum absolute atomic E-state index is 0.247. The highest BCUT2D eigenvalue weighted by molar-refractivity contribution is 8.18. The molecular formula is C25H20FN3O3S. The maximum Gasteiger partial charge on any atom is 0.294 e. The highest BCUT2D eigenvalue weighted by atomic mass is 32.2. The number of thioether (sulfide) groups is 1. The topological polar surface area (TPSA) is 62.6 Å². The van der Waals surface area contributed by atoms with Crippen LogP contribution in [0.2, 0.25) is 0 Å². The summed E-state index contributed by atoms with van der Waals surface area (Å²) in [7, 11) is 0. The molecule has 1 aromatic heterocycles. The predicted molar refractivity (Wildman–Crippen MR) is 124 cm³/mol. The Labute approximate surface area is 194 Å². The van der Waals surface area contributed by atoms with Crippen molar-refractivity contribution in [3.63, 3.8) is 0 Å². The minimum atomic E-state index is -0.484. The third kappa shape index (κ3) is 4.21. The van der Waals surface area contributed by atoms with Crippen LogP contribution in [0.3, 0.4) is 0 Å². The van der Waals surface area contributed by atoms with Gasteiger partial charge in [-0.15, -0.1) is 0 Å². The van der Waals surface area contributed by atoms with Gasteiger partial charge in [0.05, 0.1) is 4.91 Å². The van der Waals surface area contributed by atoms with E-state index in [9.17, 15) is 18.8 Å². The normalized spacial score (nSPS) is 17.1. The lowest BCUT2D eigenvalue weighted by molar-refractivity contribution is -0.136. The average Bonchev–Trinajstić information content (AvgIpc) is 3.39. The van der Waals surface area contributed by atoms with Gasteiger partial charge in [0.25, 0.3) is 11.1 Å². The number of rotatable bonds is 4. The molecule has 6 nitrogen and oxygen atoms in total. The fourth-order valence-corrected chi connectivity index (χ4v) is 4.89. The molecule has 0 spiro atoms. The van der Waals surface area contributed by atoms with Crippen LogP contribution in [-0.2, 0) is 22.6 Å². The number of halogens is 1. The predicted octanol–water partition coefficient (Wildman–Crippen LogP) is 4.24. The number of hydrogen-bond acceptors (Lipinski definition) is 4. The van der Waals surface area contributed by atoms with Gasteiger partial charge in [0, 0.05) is 30.7 Å². The molecule has 2 aliphatic heterocycles. The summed E-state index contributed by atoms with van der Waals surface area (Å²) >= 11 is 0.818. The lowest BCUT2D eigenvalue weighted by Gasteiger charge is -2.29. The van der Waals surface area contributed by atoms with Crippen LogP contribution >= 0.6 is 11.8 Å². The Kier molecular flexibility index (Phi) is 5.60. The maximum atomic E-state index is 13.3. The van der Waals surface area contributed by atoms with Gasteiger partial charge in [-0.1, -0.05) is 24.3 Å². The van der Waals surface area contributed by atoms with Gasteiger partial charge < -0.3 is 9.47 Å². The molecule has 1 saturated heterocycles. The van der Waals surface area contributed by atoms with E-state index in [-0.39, 0.29) is 23.2 Å². The lowest BCUT2D eigenvalue weighted by atomic mass is 10.00. The average molecular weight is 462 g/mol. The molecule has 1 fully saturated rings. The van der Waals surface area contributed by atoms with E-state index in [1.807, 2.05) is 18.2 Å². The summed E-state index contributed by atoms with van der Waals surface area (Å²) in [5.41, 5.74) is 3.71. The van der Waals surface area contributed by atoms with Crippen LogP contribution < -0.4 is 0 Å². The molecule has 0 N–H and O–H groups in total. The van der Waals surface area contributed by atoms with Gasteiger partial charge in [-0.05, 0) is 71.8 Å². The van der Waals surface area contributed by atoms with Crippen molar-refractivity contribution < 1.29 is 18.8 Å². The summed E-state index contributed by atoms with van der Waals surface area (Å²) in [6.45, 7) is 0.766. The van der Waals surface area contributed by atoms with Gasteiger partial charge in [-0.2, -0.15) is 0 Å². The molecule has 0 saturated carbocycles. The number of benzene rings is 2. The summed E-state index contributed by atoms with van der Waals surface area (Å²) in [6, 6.07) is 17.6. The van der Waals surface area contributed by atoms with Gasteiger partial charge in [-0.3, -0.25) is 19.3 Å². The quantitative estimate of drug-likeness (QED) is 0.546. The number of nitrogens with zero attached hydrogens (tertiary/aromatic N) is 3. The fourth-order valence-electron chi connectivity index (χ4n) is 4.06. The van der Waals surface area contributed by atoms with E-state index < -0.39 is 11.1 Å². The van der Waals surface area contributed by atoms with E-state index in [0.717, 1.165) is 34.3 Å². The van der Waals surface area contributed by atoms with E-state index in [2.05, 4.69) is 6.07 Å². The van der Waals surface area contributed by atoms with Crippen LogP contribution in [0.25, 0.3) is 11.8 Å². The van der Waals surface area contributed by atoms with Crippen LogP contribution in [0.1, 0.15) is 16.8 Å². The summed E-state index contributed by atoms with van der Waals surface area (Å²) in [4.78, 5) is 41.3. The summed E-state index contributed by atoms with van der Waals surface area (Å²) in [6.07, 6.45) is 4.17. The van der Waals surface area contributed by atoms with Crippen molar-refractivity contribution in [1.82, 2.24) is 14.4 Å². The molecule has 3 amide bonds. The minimum Gasteiger partial charge on any atom is -0.336 e. The molecule has 33 heavy (non-hydrogen) atoms. The van der Waals surface area contributed by atoms with Crippen molar-refractivity contribution in [3.8, 4) is 5.69 Å². The smallest absolute Gasteiger partial charge is 0.294 e. The zero-order valence-corrected chi connectivity index (χ0v) is 18.4. The largest absolute Gasteiger partial charge is 0.336 e. The molecule has 2 aromatic carbocycles. The Morgan fingerprint density at radius 1 is 1.00 bits per heavy atom. The van der Waals surface area contributed by atoms with Crippen molar-refractivity contribution in [2.45, 2.75) is 13.0 Å². The van der Waals surface area contributed by atoms with Crippen molar-refractivity contribution in [1.29, 1.82) is 0 Å². The van der Waals surface area contributed by atoms with E-state index >= 15 is 0 Å². The van der Waals surface area contributed by atoms with Gasteiger partial charge in [-0.25, -0.2) is 4.39 Å². The summed E-state index contributed by atoms with van der Waals surface area (Å²) < 4.78 is 15.1. The molecule has 0 aliphatic carbocycles. The molecule has 8 heteroatoms. The molecular weight excluding hydrogens is 441 g/mol. The highest BCUT2D eigenvalue weighted by Crippen LogP contribution is 2.33. The van der Waals surface area contributed by atoms with E-state index in [4.69, 9.17) is 0 Å². The first kappa shape index (κ1) is 21.2. The third-order valence-electron chi connectivity index (χ3n) is 5.81. The van der Waals surface area contributed by atoms with E-state index in [0.29, 0.717) is 18.8 Å². The SMILES string of the molecule is O=C(CN1C(=O)SC(=Cc2cccn2-c2ccc(F)cc2)C1=O)N1CCc2ccccc2C1. The van der Waals surface area contributed by atoms with E-state index in [1.54, 1.807) is 46.0 Å². The van der Waals surface area contributed by atoms with Gasteiger partial charge in [0.1, 0.15) is 12.4 Å². The molecule has 3 aromatic rings. The molecule has 0 unspecified atom stereocenters. The molecule has 3 heterocycles. The number of hydrogen-bond donors (Lipinski definition) is 0. The van der Waals surface area contributed by atoms with Crippen LogP contribution in [-0.4, -0.2) is 44.5 Å². The number of amides is 3. The Morgan fingerprint density at radius 2 is 1.76 bits per heavy atom. The monoisotopic (exact) mass is 461 g/mol. The molecule has 0 atom stereocenters. The standard InChI is InChI=1S/C25H20FN3O3S/c26-19-7-9-20(10-8-19)28-12-3-6-21(28)14-22-24(31)29(25(32)33-22)16-23(30)27-13-11-17-4-1-2-5-18(17)15-27/h1-10,12,14H,11,13,15-16H2. The Balaban J connectivity index is 1.31. The van der Waals surface area contributed by atoms with Crippen molar-refractivity contribution in [3.05, 3.63) is 94.4 Å². The fraction of sp³-hybridized carbons (Fsp3) is 0.160. The van der Waals surface area contributed by atoms with Crippen molar-refractivity contribution in [2.75, 3.05) is 13.1 Å². The number of imide groups is 1. The molecule has 0 bridgehead atoms. The summed E-state index contributed by atoms with van der Waals surface area (Å²) in [5.74, 6) is -1.07. The molecule has 2 aliphatic rings. The second kappa shape index (κ2) is 8.71. The van der Waals surface area contributed by atoms with Crippen LogP contribution in [0, 0.1) is 5.82 Å². The molecule has 5 rings (SSSR count).